The summed E-state index contributed by atoms with van der Waals surface area (Å²) < 4.78 is 12.1. The first-order chi connectivity index (χ1) is 12.5. The number of nitrogens with one attached hydrogen (secondary N) is 1. The van der Waals surface area contributed by atoms with E-state index in [9.17, 15) is 4.79 Å². The van der Waals surface area contributed by atoms with Gasteiger partial charge in [-0.3, -0.25) is 4.79 Å². The van der Waals surface area contributed by atoms with Crippen LogP contribution in [-0.4, -0.2) is 38.3 Å². The van der Waals surface area contributed by atoms with Crippen LogP contribution in [0.2, 0.25) is 0 Å². The highest BCUT2D eigenvalue weighted by Crippen LogP contribution is 2.24. The van der Waals surface area contributed by atoms with Gasteiger partial charge < -0.3 is 19.7 Å². The van der Waals surface area contributed by atoms with Crippen molar-refractivity contribution in [3.8, 4) is 5.75 Å². The minimum absolute atomic E-state index is 0.171. The zero-order valence-corrected chi connectivity index (χ0v) is 16.6. The minimum Gasteiger partial charge on any atom is -0.481 e. The zero-order valence-electron chi connectivity index (χ0n) is 15.0. The summed E-state index contributed by atoms with van der Waals surface area (Å²) in [4.78, 5) is 14.7. The summed E-state index contributed by atoms with van der Waals surface area (Å²) in [6.07, 6.45) is -0.588. The molecule has 0 spiro atoms. The number of hydrogen-bond acceptors (Lipinski definition) is 4. The number of carbonyl (C=O) groups excluding carboxylic acids is 1. The molecule has 5 nitrogen and oxygen atoms in total. The number of halogens is 1. The van der Waals surface area contributed by atoms with Gasteiger partial charge in [0.1, 0.15) is 5.75 Å². The van der Waals surface area contributed by atoms with Gasteiger partial charge in [0.15, 0.2) is 6.10 Å². The maximum Gasteiger partial charge on any atom is 0.265 e. The van der Waals surface area contributed by atoms with E-state index in [4.69, 9.17) is 9.47 Å². The monoisotopic (exact) mass is 418 g/mol. The number of rotatable bonds is 5. The summed E-state index contributed by atoms with van der Waals surface area (Å²) in [5.41, 5.74) is 2.99. The molecule has 0 radical (unpaired) electrons. The molecule has 0 saturated carbocycles. The average molecular weight is 419 g/mol. The first-order valence-electron chi connectivity index (χ1n) is 8.69. The van der Waals surface area contributed by atoms with E-state index < -0.39 is 6.10 Å². The zero-order chi connectivity index (χ0) is 18.5. The predicted octanol–water partition coefficient (Wildman–Crippen LogP) is 4.00. The molecule has 6 heteroatoms. The number of nitrogens with zero attached hydrogens (tertiary/aromatic N) is 1. The van der Waals surface area contributed by atoms with Crippen LogP contribution in [0.4, 0.5) is 11.4 Å². The van der Waals surface area contributed by atoms with Crippen LogP contribution >= 0.6 is 15.9 Å². The fourth-order valence-electron chi connectivity index (χ4n) is 2.81. The standard InChI is InChI=1S/C20H23BrN2O3/c1-14-13-17(23-9-11-25-12-10-23)5-8-19(14)22-20(24)15(2)26-18-6-3-16(21)4-7-18/h3-8,13,15H,9-12H2,1-2H3,(H,22,24). The summed E-state index contributed by atoms with van der Waals surface area (Å²) in [6.45, 7) is 7.03. The van der Waals surface area contributed by atoms with Gasteiger partial charge in [0.2, 0.25) is 0 Å². The SMILES string of the molecule is Cc1cc(N2CCOCC2)ccc1NC(=O)C(C)Oc1ccc(Br)cc1. The van der Waals surface area contributed by atoms with Crippen LogP contribution in [0, 0.1) is 6.92 Å². The molecule has 26 heavy (non-hydrogen) atoms. The number of carbonyl (C=O) groups is 1. The van der Waals surface area contributed by atoms with E-state index in [0.29, 0.717) is 5.75 Å². The number of anilines is 2. The van der Waals surface area contributed by atoms with Gasteiger partial charge in [0.25, 0.3) is 5.91 Å². The van der Waals surface area contributed by atoms with Crippen LogP contribution in [0.25, 0.3) is 0 Å². The molecule has 0 bridgehead atoms. The molecule has 0 aromatic heterocycles. The second-order valence-electron chi connectivity index (χ2n) is 6.30. The Morgan fingerprint density at radius 3 is 2.54 bits per heavy atom. The largest absolute Gasteiger partial charge is 0.481 e. The van der Waals surface area contributed by atoms with Crippen LogP contribution in [-0.2, 0) is 9.53 Å². The van der Waals surface area contributed by atoms with Gasteiger partial charge in [0.05, 0.1) is 13.2 Å². The van der Waals surface area contributed by atoms with E-state index in [1.54, 1.807) is 6.92 Å². The highest BCUT2D eigenvalue weighted by atomic mass is 79.9. The lowest BCUT2D eigenvalue weighted by molar-refractivity contribution is -0.122. The lowest BCUT2D eigenvalue weighted by atomic mass is 10.1. The topological polar surface area (TPSA) is 50.8 Å². The number of benzene rings is 2. The minimum atomic E-state index is -0.588. The summed E-state index contributed by atoms with van der Waals surface area (Å²) >= 11 is 3.38. The number of aryl methyl sites for hydroxylation is 1. The molecule has 1 aliphatic heterocycles. The highest BCUT2D eigenvalue weighted by molar-refractivity contribution is 9.10. The van der Waals surface area contributed by atoms with Crippen molar-refractivity contribution >= 4 is 33.2 Å². The number of amides is 1. The Morgan fingerprint density at radius 1 is 1.19 bits per heavy atom. The van der Waals surface area contributed by atoms with E-state index in [1.165, 1.54) is 0 Å². The van der Waals surface area contributed by atoms with Crippen LogP contribution in [0.5, 0.6) is 5.75 Å². The molecule has 1 aliphatic rings. The Bertz CT molecular complexity index is 758. The van der Waals surface area contributed by atoms with E-state index in [-0.39, 0.29) is 5.91 Å². The summed E-state index contributed by atoms with van der Waals surface area (Å²) in [5, 5.41) is 2.96. The summed E-state index contributed by atoms with van der Waals surface area (Å²) in [5.74, 6) is 0.491. The van der Waals surface area contributed by atoms with Gasteiger partial charge in [-0.1, -0.05) is 15.9 Å². The van der Waals surface area contributed by atoms with Crippen molar-refractivity contribution in [2.45, 2.75) is 20.0 Å². The molecule has 1 amide bonds. The van der Waals surface area contributed by atoms with Crippen molar-refractivity contribution in [2.24, 2.45) is 0 Å². The third-order valence-corrected chi connectivity index (χ3v) is 4.87. The lowest BCUT2D eigenvalue weighted by Gasteiger charge is -2.29. The van der Waals surface area contributed by atoms with Gasteiger partial charge in [0, 0.05) is 28.9 Å². The highest BCUT2D eigenvalue weighted by Gasteiger charge is 2.17. The first kappa shape index (κ1) is 18.7. The molecule has 1 N–H and O–H groups in total. The third kappa shape index (κ3) is 4.77. The molecule has 0 aliphatic carbocycles. The fraction of sp³-hybridized carbons (Fsp3) is 0.350. The maximum atomic E-state index is 12.5. The van der Waals surface area contributed by atoms with Crippen molar-refractivity contribution < 1.29 is 14.3 Å². The van der Waals surface area contributed by atoms with E-state index in [0.717, 1.165) is 47.7 Å². The van der Waals surface area contributed by atoms with Crippen molar-refractivity contribution in [1.29, 1.82) is 0 Å². The molecule has 3 rings (SSSR count). The smallest absolute Gasteiger partial charge is 0.265 e. The molecule has 138 valence electrons. The quantitative estimate of drug-likeness (QED) is 0.796. The molecule has 1 fully saturated rings. The van der Waals surface area contributed by atoms with Gasteiger partial charge in [-0.05, 0) is 61.9 Å². The molecule has 2 aromatic rings. The summed E-state index contributed by atoms with van der Waals surface area (Å²) in [6, 6.07) is 13.5. The molecule has 1 saturated heterocycles. The Morgan fingerprint density at radius 2 is 1.88 bits per heavy atom. The van der Waals surface area contributed by atoms with Crippen molar-refractivity contribution in [3.63, 3.8) is 0 Å². The van der Waals surface area contributed by atoms with Gasteiger partial charge in [-0.2, -0.15) is 0 Å². The van der Waals surface area contributed by atoms with Crippen molar-refractivity contribution in [2.75, 3.05) is 36.5 Å². The molecule has 2 aromatic carbocycles. The lowest BCUT2D eigenvalue weighted by Crippen LogP contribution is -2.36. The molecule has 1 heterocycles. The number of ether oxygens (including phenoxy) is 2. The molecular weight excluding hydrogens is 396 g/mol. The normalized spacial score (nSPS) is 15.4. The second-order valence-corrected chi connectivity index (χ2v) is 7.22. The third-order valence-electron chi connectivity index (χ3n) is 4.34. The van der Waals surface area contributed by atoms with Gasteiger partial charge in [-0.25, -0.2) is 0 Å². The first-order valence-corrected chi connectivity index (χ1v) is 9.48. The second kappa shape index (κ2) is 8.56. The Hall–Kier alpha value is -2.05. The van der Waals surface area contributed by atoms with Gasteiger partial charge in [-0.15, -0.1) is 0 Å². The van der Waals surface area contributed by atoms with E-state index >= 15 is 0 Å². The summed E-state index contributed by atoms with van der Waals surface area (Å²) in [7, 11) is 0. The molecule has 1 unspecified atom stereocenters. The Balaban J connectivity index is 1.62. The number of hydrogen-bond donors (Lipinski definition) is 1. The average Bonchev–Trinajstić information content (AvgIpc) is 2.66. The van der Waals surface area contributed by atoms with Crippen LogP contribution in [0.15, 0.2) is 46.9 Å². The predicted molar refractivity (Wildman–Crippen MR) is 107 cm³/mol. The Labute approximate surface area is 162 Å². The van der Waals surface area contributed by atoms with Crippen LogP contribution in [0.1, 0.15) is 12.5 Å². The molecular formula is C20H23BrN2O3. The molecule has 1 atom stereocenters. The fourth-order valence-corrected chi connectivity index (χ4v) is 3.08. The van der Waals surface area contributed by atoms with Crippen molar-refractivity contribution in [1.82, 2.24) is 0 Å². The van der Waals surface area contributed by atoms with Crippen LogP contribution in [0.3, 0.4) is 0 Å². The Kier molecular flexibility index (Phi) is 6.16. The van der Waals surface area contributed by atoms with E-state index in [1.807, 2.05) is 43.3 Å². The van der Waals surface area contributed by atoms with Crippen molar-refractivity contribution in [3.05, 3.63) is 52.5 Å². The van der Waals surface area contributed by atoms with E-state index in [2.05, 4.69) is 32.2 Å². The van der Waals surface area contributed by atoms with Gasteiger partial charge >= 0.3 is 0 Å². The number of morpholine rings is 1. The van der Waals surface area contributed by atoms with Crippen LogP contribution < -0.4 is 15.0 Å². The maximum absolute atomic E-state index is 12.5.